The van der Waals surface area contributed by atoms with Crippen molar-refractivity contribution in [1.82, 2.24) is 14.3 Å². The predicted octanol–water partition coefficient (Wildman–Crippen LogP) is 2.94. The number of piperidine rings is 1. The average Bonchev–Trinajstić information content (AvgIpc) is 2.61. The predicted molar refractivity (Wildman–Crippen MR) is 99.8 cm³/mol. The van der Waals surface area contributed by atoms with Gasteiger partial charge >= 0.3 is 0 Å². The van der Waals surface area contributed by atoms with Crippen LogP contribution in [0.2, 0.25) is 0 Å². The van der Waals surface area contributed by atoms with Gasteiger partial charge < -0.3 is 4.74 Å². The van der Waals surface area contributed by atoms with Crippen LogP contribution in [0.25, 0.3) is 0 Å². The summed E-state index contributed by atoms with van der Waals surface area (Å²) in [5.41, 5.74) is 3.70. The molecule has 1 aromatic carbocycles. The molecule has 0 amide bonds. The minimum atomic E-state index is -3.51. The van der Waals surface area contributed by atoms with Gasteiger partial charge in [0.05, 0.1) is 4.90 Å². The molecule has 1 aliphatic rings. The van der Waals surface area contributed by atoms with Gasteiger partial charge in [-0.25, -0.2) is 18.4 Å². The maximum Gasteiger partial charge on any atom is 0.243 e. The Hall–Kier alpha value is -1.99. The molecule has 1 fully saturated rings. The Labute approximate surface area is 155 Å². The zero-order valence-electron chi connectivity index (χ0n) is 15.7. The molecule has 0 bridgehead atoms. The van der Waals surface area contributed by atoms with Crippen LogP contribution in [-0.4, -0.2) is 41.9 Å². The molecule has 0 saturated carbocycles. The van der Waals surface area contributed by atoms with E-state index in [4.69, 9.17) is 4.74 Å². The minimum absolute atomic E-state index is 0.0298. The largest absolute Gasteiger partial charge is 0.474 e. The summed E-state index contributed by atoms with van der Waals surface area (Å²) >= 11 is 0. The zero-order chi connectivity index (χ0) is 18.9. The third-order valence-electron chi connectivity index (χ3n) is 5.14. The van der Waals surface area contributed by atoms with Crippen molar-refractivity contribution in [3.63, 3.8) is 0 Å². The molecule has 0 atom stereocenters. The third-order valence-corrected chi connectivity index (χ3v) is 7.31. The molecule has 140 valence electrons. The second-order valence-electron chi connectivity index (χ2n) is 6.86. The van der Waals surface area contributed by atoms with E-state index in [9.17, 15) is 8.42 Å². The lowest BCUT2D eigenvalue weighted by molar-refractivity contribution is 0.129. The highest BCUT2D eigenvalue weighted by Gasteiger charge is 2.33. The lowest BCUT2D eigenvalue weighted by Crippen LogP contribution is -2.42. The topological polar surface area (TPSA) is 72.4 Å². The van der Waals surface area contributed by atoms with E-state index < -0.39 is 10.0 Å². The van der Waals surface area contributed by atoms with Gasteiger partial charge in [-0.05, 0) is 62.8 Å². The van der Waals surface area contributed by atoms with E-state index in [2.05, 4.69) is 9.97 Å². The number of rotatable bonds is 4. The molecule has 0 spiro atoms. The van der Waals surface area contributed by atoms with Gasteiger partial charge in [-0.2, -0.15) is 4.31 Å². The van der Waals surface area contributed by atoms with Gasteiger partial charge in [0.25, 0.3) is 0 Å². The van der Waals surface area contributed by atoms with Crippen molar-refractivity contribution in [3.8, 4) is 5.88 Å². The van der Waals surface area contributed by atoms with Crippen molar-refractivity contribution in [2.45, 2.75) is 51.5 Å². The Morgan fingerprint density at radius 1 is 1.08 bits per heavy atom. The van der Waals surface area contributed by atoms with Gasteiger partial charge in [0.1, 0.15) is 12.4 Å². The van der Waals surface area contributed by atoms with Gasteiger partial charge in [-0.15, -0.1) is 0 Å². The van der Waals surface area contributed by atoms with E-state index in [0.717, 1.165) is 22.3 Å². The average molecular weight is 375 g/mol. The summed E-state index contributed by atoms with van der Waals surface area (Å²) in [6.07, 6.45) is 4.34. The van der Waals surface area contributed by atoms with Crippen LogP contribution in [0.4, 0.5) is 0 Å². The summed E-state index contributed by atoms with van der Waals surface area (Å²) in [6, 6.07) is 3.76. The van der Waals surface area contributed by atoms with Crippen molar-refractivity contribution < 1.29 is 13.2 Å². The first-order chi connectivity index (χ1) is 12.3. The highest BCUT2D eigenvalue weighted by atomic mass is 32.2. The molecule has 1 aliphatic heterocycles. The van der Waals surface area contributed by atoms with Crippen molar-refractivity contribution in [1.29, 1.82) is 0 Å². The summed E-state index contributed by atoms with van der Waals surface area (Å²) in [4.78, 5) is 8.40. The summed E-state index contributed by atoms with van der Waals surface area (Å²) < 4.78 is 33.9. The lowest BCUT2D eigenvalue weighted by atomic mass is 10.0. The number of hydrogen-bond acceptors (Lipinski definition) is 5. The number of aryl methyl sites for hydroxylation is 2. The molecule has 2 aromatic rings. The summed E-state index contributed by atoms with van der Waals surface area (Å²) in [5, 5.41) is 0. The van der Waals surface area contributed by atoms with Gasteiger partial charge in [0.15, 0.2) is 0 Å². The molecule has 1 saturated heterocycles. The summed E-state index contributed by atoms with van der Waals surface area (Å²) in [6.45, 7) is 8.60. The van der Waals surface area contributed by atoms with Gasteiger partial charge in [-0.3, -0.25) is 0 Å². The highest BCUT2D eigenvalue weighted by molar-refractivity contribution is 7.89. The maximum absolute atomic E-state index is 13.3. The second-order valence-corrected chi connectivity index (χ2v) is 8.73. The van der Waals surface area contributed by atoms with E-state index in [1.165, 1.54) is 6.33 Å². The van der Waals surface area contributed by atoms with Crippen molar-refractivity contribution in [2.75, 3.05) is 13.1 Å². The standard InChI is InChI=1S/C19H25N3O3S/c1-13-11-14(2)16(4)19(15(13)3)26(23,24)22-9-6-17(7-10-22)25-18-5-8-20-12-21-18/h5,8,11-12,17H,6-7,9-10H2,1-4H3. The quantitative estimate of drug-likeness (QED) is 0.821. The van der Waals surface area contributed by atoms with Crippen LogP contribution >= 0.6 is 0 Å². The molecule has 6 nitrogen and oxygen atoms in total. The molecule has 0 N–H and O–H groups in total. The van der Waals surface area contributed by atoms with Crippen molar-refractivity contribution >= 4 is 10.0 Å². The third kappa shape index (κ3) is 3.59. The molecule has 2 heterocycles. The molecule has 3 rings (SSSR count). The van der Waals surface area contributed by atoms with Crippen LogP contribution in [-0.2, 0) is 10.0 Å². The summed E-state index contributed by atoms with van der Waals surface area (Å²) in [5.74, 6) is 0.530. The minimum Gasteiger partial charge on any atom is -0.474 e. The number of sulfonamides is 1. The first-order valence-corrected chi connectivity index (χ1v) is 10.2. The van der Waals surface area contributed by atoms with Gasteiger partial charge in [-0.1, -0.05) is 6.07 Å². The zero-order valence-corrected chi connectivity index (χ0v) is 16.5. The van der Waals surface area contributed by atoms with E-state index in [-0.39, 0.29) is 6.10 Å². The molecule has 0 radical (unpaired) electrons. The molecule has 7 heteroatoms. The van der Waals surface area contributed by atoms with E-state index in [0.29, 0.717) is 36.7 Å². The fraction of sp³-hybridized carbons (Fsp3) is 0.474. The molecular formula is C19H25N3O3S. The van der Waals surface area contributed by atoms with Crippen molar-refractivity contribution in [2.24, 2.45) is 0 Å². The fourth-order valence-electron chi connectivity index (χ4n) is 3.41. The monoisotopic (exact) mass is 375 g/mol. The Kier molecular flexibility index (Phi) is 5.29. The summed E-state index contributed by atoms with van der Waals surface area (Å²) in [7, 11) is -3.51. The van der Waals surface area contributed by atoms with Gasteiger partial charge in [0.2, 0.25) is 15.9 Å². The molecule has 0 aliphatic carbocycles. The number of nitrogens with zero attached hydrogens (tertiary/aromatic N) is 3. The Bertz CT molecular complexity index is 864. The molecule has 26 heavy (non-hydrogen) atoms. The number of hydrogen-bond donors (Lipinski definition) is 0. The van der Waals surface area contributed by atoms with Gasteiger partial charge in [0, 0.05) is 25.4 Å². The molecule has 1 aromatic heterocycles. The van der Waals surface area contributed by atoms with Crippen LogP contribution in [0.1, 0.15) is 35.1 Å². The Morgan fingerprint density at radius 2 is 1.69 bits per heavy atom. The normalized spacial score (nSPS) is 16.6. The Balaban J connectivity index is 1.77. The van der Waals surface area contributed by atoms with Crippen LogP contribution in [0, 0.1) is 27.7 Å². The molecule has 0 unspecified atom stereocenters. The molecular weight excluding hydrogens is 350 g/mol. The highest BCUT2D eigenvalue weighted by Crippen LogP contribution is 2.30. The maximum atomic E-state index is 13.3. The number of ether oxygens (including phenoxy) is 1. The first-order valence-electron chi connectivity index (χ1n) is 8.81. The van der Waals surface area contributed by atoms with E-state index in [1.54, 1.807) is 16.6 Å². The van der Waals surface area contributed by atoms with Crippen LogP contribution in [0.5, 0.6) is 5.88 Å². The Morgan fingerprint density at radius 3 is 2.23 bits per heavy atom. The fourth-order valence-corrected chi connectivity index (χ4v) is 5.45. The number of aromatic nitrogens is 2. The van der Waals surface area contributed by atoms with E-state index >= 15 is 0 Å². The van der Waals surface area contributed by atoms with Crippen molar-refractivity contribution in [3.05, 3.63) is 46.9 Å². The second kappa shape index (κ2) is 7.32. The van der Waals surface area contributed by atoms with Crippen LogP contribution in [0.15, 0.2) is 29.6 Å². The first kappa shape index (κ1) is 18.8. The van der Waals surface area contributed by atoms with Crippen LogP contribution in [0.3, 0.4) is 0 Å². The number of benzene rings is 1. The smallest absolute Gasteiger partial charge is 0.243 e. The SMILES string of the molecule is Cc1cc(C)c(C)c(S(=O)(=O)N2CCC(Oc3ccncn3)CC2)c1C. The van der Waals surface area contributed by atoms with E-state index in [1.807, 2.05) is 33.8 Å². The lowest BCUT2D eigenvalue weighted by Gasteiger charge is -2.32. The van der Waals surface area contributed by atoms with Crippen LogP contribution < -0.4 is 4.74 Å².